The smallest absolute Gasteiger partial charge is 0.00118 e. The molecule has 1 rings (SSSR count). The monoisotopic (exact) mass is 189 g/mol. The van der Waals surface area contributed by atoms with Gasteiger partial charge in [0.1, 0.15) is 0 Å². The van der Waals surface area contributed by atoms with Gasteiger partial charge < -0.3 is 0 Å². The SMILES string of the molecule is CCCCc1cc(C)cc([C](C)C)c1. The van der Waals surface area contributed by atoms with E-state index in [0.717, 1.165) is 0 Å². The molecule has 14 heavy (non-hydrogen) atoms. The summed E-state index contributed by atoms with van der Waals surface area (Å²) in [5, 5.41) is 0. The van der Waals surface area contributed by atoms with Crippen LogP contribution in [0.2, 0.25) is 0 Å². The van der Waals surface area contributed by atoms with E-state index in [2.05, 4.69) is 45.9 Å². The second-order valence-corrected chi connectivity index (χ2v) is 4.31. The molecule has 0 nitrogen and oxygen atoms in total. The normalized spacial score (nSPS) is 10.9. The van der Waals surface area contributed by atoms with Crippen molar-refractivity contribution in [1.82, 2.24) is 0 Å². The zero-order valence-electron chi connectivity index (χ0n) is 9.85. The lowest BCUT2D eigenvalue weighted by atomic mass is 9.96. The molecule has 0 aliphatic rings. The number of hydrogen-bond donors (Lipinski definition) is 0. The lowest BCUT2D eigenvalue weighted by molar-refractivity contribution is 0.793. The molecule has 0 unspecified atom stereocenters. The summed E-state index contributed by atoms with van der Waals surface area (Å²) in [5.74, 6) is 1.41. The number of benzene rings is 1. The van der Waals surface area contributed by atoms with Crippen molar-refractivity contribution in [2.75, 3.05) is 0 Å². The molecule has 0 amide bonds. The molecule has 1 aromatic carbocycles. The van der Waals surface area contributed by atoms with Crippen molar-refractivity contribution in [1.29, 1.82) is 0 Å². The Hall–Kier alpha value is -0.780. The maximum atomic E-state index is 2.33. The Balaban J connectivity index is 2.84. The van der Waals surface area contributed by atoms with Crippen molar-refractivity contribution in [2.24, 2.45) is 0 Å². The highest BCUT2D eigenvalue weighted by Crippen LogP contribution is 2.18. The average molecular weight is 189 g/mol. The zero-order chi connectivity index (χ0) is 10.6. The molecule has 0 aliphatic carbocycles. The first-order valence-electron chi connectivity index (χ1n) is 5.54. The van der Waals surface area contributed by atoms with Gasteiger partial charge in [0.25, 0.3) is 0 Å². The predicted octanol–water partition coefficient (Wildman–Crippen LogP) is 4.30. The van der Waals surface area contributed by atoms with Crippen LogP contribution in [0.5, 0.6) is 0 Å². The van der Waals surface area contributed by atoms with Crippen LogP contribution in [0.3, 0.4) is 0 Å². The van der Waals surface area contributed by atoms with Gasteiger partial charge in [0.15, 0.2) is 0 Å². The van der Waals surface area contributed by atoms with E-state index in [0.29, 0.717) is 0 Å². The molecular formula is C14H21. The summed E-state index contributed by atoms with van der Waals surface area (Å²) in [5.41, 5.74) is 4.27. The van der Waals surface area contributed by atoms with Crippen LogP contribution in [0.4, 0.5) is 0 Å². The molecule has 1 radical (unpaired) electrons. The van der Waals surface area contributed by atoms with Crippen LogP contribution in [0.1, 0.15) is 50.3 Å². The van der Waals surface area contributed by atoms with Gasteiger partial charge in [-0.25, -0.2) is 0 Å². The number of hydrogen-bond acceptors (Lipinski definition) is 0. The summed E-state index contributed by atoms with van der Waals surface area (Å²) >= 11 is 0. The summed E-state index contributed by atoms with van der Waals surface area (Å²) in [7, 11) is 0. The number of aryl methyl sites for hydroxylation is 2. The summed E-state index contributed by atoms with van der Waals surface area (Å²) in [6.07, 6.45) is 3.79. The quantitative estimate of drug-likeness (QED) is 0.662. The fourth-order valence-corrected chi connectivity index (χ4v) is 1.68. The minimum absolute atomic E-state index is 1.22. The van der Waals surface area contributed by atoms with Crippen molar-refractivity contribution < 1.29 is 0 Å². The lowest BCUT2D eigenvalue weighted by Gasteiger charge is -2.09. The second-order valence-electron chi connectivity index (χ2n) is 4.31. The molecule has 0 atom stereocenters. The van der Waals surface area contributed by atoms with E-state index in [1.54, 1.807) is 0 Å². The van der Waals surface area contributed by atoms with E-state index < -0.39 is 0 Å². The van der Waals surface area contributed by atoms with Gasteiger partial charge >= 0.3 is 0 Å². The zero-order valence-corrected chi connectivity index (χ0v) is 9.85. The second kappa shape index (κ2) is 5.19. The third kappa shape index (κ3) is 3.17. The van der Waals surface area contributed by atoms with Gasteiger partial charge in [-0.2, -0.15) is 0 Å². The topological polar surface area (TPSA) is 0 Å². The van der Waals surface area contributed by atoms with Gasteiger partial charge in [0, 0.05) is 0 Å². The molecule has 0 fully saturated rings. The molecule has 0 bridgehead atoms. The third-order valence-corrected chi connectivity index (χ3v) is 2.53. The molecule has 0 N–H and O–H groups in total. The first kappa shape index (κ1) is 11.3. The van der Waals surface area contributed by atoms with Crippen molar-refractivity contribution in [2.45, 2.75) is 47.0 Å². The highest BCUT2D eigenvalue weighted by molar-refractivity contribution is 5.36. The van der Waals surface area contributed by atoms with Crippen LogP contribution in [0.15, 0.2) is 18.2 Å². The molecule has 0 saturated carbocycles. The fourth-order valence-electron chi connectivity index (χ4n) is 1.68. The lowest BCUT2D eigenvalue weighted by Crippen LogP contribution is -1.93. The molecule has 1 aromatic rings. The van der Waals surface area contributed by atoms with Crippen molar-refractivity contribution in [3.05, 3.63) is 40.8 Å². The summed E-state index contributed by atoms with van der Waals surface area (Å²) < 4.78 is 0. The summed E-state index contributed by atoms with van der Waals surface area (Å²) in [6.45, 7) is 8.78. The Morgan fingerprint density at radius 1 is 1.14 bits per heavy atom. The first-order valence-corrected chi connectivity index (χ1v) is 5.54. The Labute approximate surface area is 88.4 Å². The van der Waals surface area contributed by atoms with Crippen LogP contribution in [-0.4, -0.2) is 0 Å². The van der Waals surface area contributed by atoms with Crippen molar-refractivity contribution in [3.8, 4) is 0 Å². The molecule has 0 spiro atoms. The van der Waals surface area contributed by atoms with E-state index in [1.165, 1.54) is 41.9 Å². The highest BCUT2D eigenvalue weighted by atomic mass is 14.1. The van der Waals surface area contributed by atoms with E-state index in [-0.39, 0.29) is 0 Å². The Morgan fingerprint density at radius 3 is 2.43 bits per heavy atom. The third-order valence-electron chi connectivity index (χ3n) is 2.53. The van der Waals surface area contributed by atoms with E-state index >= 15 is 0 Å². The molecule has 0 heteroatoms. The van der Waals surface area contributed by atoms with Crippen molar-refractivity contribution in [3.63, 3.8) is 0 Å². The predicted molar refractivity (Wildman–Crippen MR) is 63.5 cm³/mol. The van der Waals surface area contributed by atoms with Crippen LogP contribution < -0.4 is 0 Å². The Bertz CT molecular complexity index is 284. The standard InChI is InChI=1S/C14H21/c1-5-6-7-13-8-12(4)9-14(10-13)11(2)3/h8-10H,5-7H2,1-4H3. The van der Waals surface area contributed by atoms with Gasteiger partial charge in [-0.1, -0.05) is 51.0 Å². The maximum absolute atomic E-state index is 2.33. The molecule has 0 heterocycles. The van der Waals surface area contributed by atoms with Crippen LogP contribution >= 0.6 is 0 Å². The molecule has 0 saturated heterocycles. The summed E-state index contributed by atoms with van der Waals surface area (Å²) in [6, 6.07) is 6.91. The first-order chi connectivity index (χ1) is 6.63. The van der Waals surface area contributed by atoms with E-state index in [4.69, 9.17) is 0 Å². The van der Waals surface area contributed by atoms with E-state index in [1.807, 2.05) is 0 Å². The van der Waals surface area contributed by atoms with Gasteiger partial charge in [-0.15, -0.1) is 0 Å². The average Bonchev–Trinajstić information content (AvgIpc) is 2.14. The molecular weight excluding hydrogens is 168 g/mol. The molecule has 0 aliphatic heterocycles. The van der Waals surface area contributed by atoms with Gasteiger partial charge in [0.05, 0.1) is 0 Å². The summed E-state index contributed by atoms with van der Waals surface area (Å²) in [4.78, 5) is 0. The Morgan fingerprint density at radius 2 is 1.86 bits per heavy atom. The molecule has 0 aromatic heterocycles. The number of unbranched alkanes of at least 4 members (excludes halogenated alkanes) is 1. The van der Waals surface area contributed by atoms with Crippen LogP contribution in [0.25, 0.3) is 0 Å². The minimum Gasteiger partial charge on any atom is -0.0654 e. The van der Waals surface area contributed by atoms with Gasteiger partial charge in [-0.3, -0.25) is 0 Å². The minimum atomic E-state index is 1.22. The van der Waals surface area contributed by atoms with Crippen molar-refractivity contribution >= 4 is 0 Å². The van der Waals surface area contributed by atoms with Crippen LogP contribution in [-0.2, 0) is 6.42 Å². The number of rotatable bonds is 4. The largest absolute Gasteiger partial charge is 0.0654 e. The fraction of sp³-hybridized carbons (Fsp3) is 0.500. The van der Waals surface area contributed by atoms with Gasteiger partial charge in [-0.05, 0) is 36.8 Å². The van der Waals surface area contributed by atoms with E-state index in [9.17, 15) is 0 Å². The Kier molecular flexibility index (Phi) is 4.19. The van der Waals surface area contributed by atoms with Crippen LogP contribution in [0, 0.1) is 12.8 Å². The van der Waals surface area contributed by atoms with Gasteiger partial charge in [0.2, 0.25) is 0 Å². The maximum Gasteiger partial charge on any atom is -0.00118 e. The highest BCUT2D eigenvalue weighted by Gasteiger charge is 2.02. The molecule has 77 valence electrons.